The van der Waals surface area contributed by atoms with E-state index in [2.05, 4.69) is 31.6 Å². The zero-order chi connectivity index (χ0) is 62.3. The van der Waals surface area contributed by atoms with Gasteiger partial charge in [-0.15, -0.1) is 0 Å². The van der Waals surface area contributed by atoms with Gasteiger partial charge >= 0.3 is 183 Å². The van der Waals surface area contributed by atoms with Gasteiger partial charge in [-0.1, -0.05) is 0 Å². The van der Waals surface area contributed by atoms with Crippen molar-refractivity contribution in [2.75, 3.05) is 26.6 Å². The van der Waals surface area contributed by atoms with E-state index in [1.54, 1.807) is 0 Å². The summed E-state index contributed by atoms with van der Waals surface area (Å²) in [7, 11) is -27.7. The van der Waals surface area contributed by atoms with E-state index in [1.807, 2.05) is 0 Å². The molecule has 0 bridgehead atoms. The number of carbonyl (C=O) groups excluding carboxylic acids is 4. The van der Waals surface area contributed by atoms with E-state index in [9.17, 15) is 102 Å². The Morgan fingerprint density at radius 3 is 1.04 bits per heavy atom. The molecule has 0 saturated carbocycles. The summed E-state index contributed by atoms with van der Waals surface area (Å²) in [5, 5.41) is 22.3. The van der Waals surface area contributed by atoms with Crippen molar-refractivity contribution in [3.05, 3.63) is 120 Å². The minimum atomic E-state index is -5.67. The predicted molar refractivity (Wildman–Crippen MR) is 282 cm³/mol. The fourth-order valence-corrected chi connectivity index (χ4v) is 12.5. The number of aryl methyl sites for hydroxylation is 4. The largest absolute Gasteiger partial charge is 1.00 e. The Hall–Kier alpha value is -2.87. The summed E-state index contributed by atoms with van der Waals surface area (Å²) in [6.07, 6.45) is 5.20. The molecule has 0 fully saturated rings. The number of nitrogens with one attached hydrogen (secondary N) is 5. The van der Waals surface area contributed by atoms with Crippen LogP contribution in [0.4, 0.5) is 38.9 Å². The molecule has 4 aromatic carbocycles. The molecule has 6 N–H and O–H groups in total. The monoisotopic (exact) mass is 1410 g/mol. The summed E-state index contributed by atoms with van der Waals surface area (Å²) >= 11 is 0. The Morgan fingerprint density at radius 2 is 0.678 bits per heavy atom. The summed E-state index contributed by atoms with van der Waals surface area (Å²) in [6.45, 7) is 0. The molecule has 0 aliphatic rings. The number of amides is 5. The number of rotatable bonds is 16. The molecule has 0 aliphatic carbocycles. The first kappa shape index (κ1) is 83.2. The number of hydrogen-bond acceptors (Lipinski definition) is 23. The fraction of sp³-hybridized carbons (Fsp3) is 0.0889. The molecule has 444 valence electrons. The van der Waals surface area contributed by atoms with E-state index in [0.29, 0.717) is 30.3 Å². The number of hydrogen-bond donors (Lipinski definition) is 6. The third kappa shape index (κ3) is 19.2. The molecule has 45 heteroatoms. The molecule has 0 aliphatic heterocycles. The Labute approximate surface area is 643 Å². The van der Waals surface area contributed by atoms with Gasteiger partial charge in [0.05, 0.1) is 58.6 Å². The molecule has 0 radical (unpaired) electrons. The van der Waals surface area contributed by atoms with Crippen molar-refractivity contribution in [1.82, 2.24) is 18.3 Å². The number of benzene rings is 4. The van der Waals surface area contributed by atoms with E-state index in [-0.39, 0.29) is 235 Å². The Morgan fingerprint density at radius 1 is 0.378 bits per heavy atom. The molecule has 0 atom stereocenters. The average molecular weight is 1410 g/mol. The van der Waals surface area contributed by atoms with Gasteiger partial charge in [0.15, 0.2) is 0 Å². The third-order valence-corrected chi connectivity index (χ3v) is 17.2. The van der Waals surface area contributed by atoms with Gasteiger partial charge in [-0.2, -0.15) is 8.42 Å². The molecule has 8 rings (SSSR count). The summed E-state index contributed by atoms with van der Waals surface area (Å²) < 4.78 is 220. The van der Waals surface area contributed by atoms with Crippen LogP contribution in [0, 0.1) is 0 Å². The first-order valence-corrected chi connectivity index (χ1v) is 31.0. The van der Waals surface area contributed by atoms with Crippen LogP contribution >= 0.6 is 0 Å². The molecule has 33 nitrogen and oxygen atoms in total. The number of anilines is 5. The van der Waals surface area contributed by atoms with Gasteiger partial charge in [0.2, 0.25) is 0 Å². The summed E-state index contributed by atoms with van der Waals surface area (Å²) in [4.78, 5) is 49.3. The maximum absolute atomic E-state index is 13.5. The number of carbonyl (C=O) groups is 4. The van der Waals surface area contributed by atoms with Gasteiger partial charge in [-0.25, -0.2) is 46.9 Å². The normalized spacial score (nSPS) is 12.0. The Bertz CT molecular complexity index is 5000. The zero-order valence-corrected chi connectivity index (χ0v) is 65.3. The number of aliphatic imine (C=N–C) groups is 1. The van der Waals surface area contributed by atoms with E-state index >= 15 is 0 Å². The van der Waals surface area contributed by atoms with Crippen molar-refractivity contribution >= 4 is 146 Å². The number of fused-ring (bicyclic) bond motifs is 2. The first-order valence-electron chi connectivity index (χ1n) is 22.5. The fourth-order valence-electron chi connectivity index (χ4n) is 8.46. The van der Waals surface area contributed by atoms with Crippen LogP contribution in [0.5, 0.6) is 0 Å². The van der Waals surface area contributed by atoms with Gasteiger partial charge in [-0.05, 0) is 72.8 Å². The van der Waals surface area contributed by atoms with Crippen LogP contribution in [-0.4, -0.2) is 126 Å². The van der Waals surface area contributed by atoms with Gasteiger partial charge in [0.25, 0.3) is 27.8 Å². The maximum atomic E-state index is 13.5. The van der Waals surface area contributed by atoms with E-state index in [1.165, 1.54) is 78.8 Å². The van der Waals surface area contributed by atoms with Crippen LogP contribution in [0.2, 0.25) is 0 Å². The van der Waals surface area contributed by atoms with Gasteiger partial charge in [0, 0.05) is 86.1 Å². The quantitative estimate of drug-likeness (QED) is 0.0226. The maximum Gasteiger partial charge on any atom is 1.00 e. The third-order valence-electron chi connectivity index (χ3n) is 12.0. The Kier molecular flexibility index (Phi) is 28.6. The van der Waals surface area contributed by atoms with Gasteiger partial charge < -0.3 is 72.7 Å². The van der Waals surface area contributed by atoms with Crippen LogP contribution < -0.4 is 209 Å². The van der Waals surface area contributed by atoms with E-state index in [4.69, 9.17) is 0 Å². The van der Waals surface area contributed by atoms with Crippen LogP contribution in [0.3, 0.4) is 0 Å². The minimum Gasteiger partial charge on any atom is -0.857 e. The standard InChI is InChI=1S/C45H40N10O23S6.6Na/c1-52-17-23(7-33(52)41(56)46-21-5-29-31(37(11-21)81(67,68)69)13-27(79(61,62)63)15-39(29)83(73,74)75)48-43(58)35-9-25(19-54(35)3)50-45(60)51-26-10-36(55(4)20-26)44(59)49-24-8-34(53(2)18-24)42(57)47-22-6-30-32(38(12-22)82(70,71)72)14-28(80(64,65)66)16-40(30)84(76,77)78;;;;;;/h5-20H,1-4H3,(H,46,56)(H,47,57)(H,48,58)(H,49,59)(H2,50,51,60)(H,61,62,63)(H,64,65,66)(H,67,68,69)(H,70,71,72)(H,73,74,75)(H,76,77,78);;;;;;/q;6*+1/p-6. The molecule has 0 spiro atoms. The average Bonchev–Trinajstić information content (AvgIpc) is 1.09. The van der Waals surface area contributed by atoms with Crippen molar-refractivity contribution < 1.29 is 279 Å². The predicted octanol–water partition coefficient (Wildman–Crippen LogP) is -17.0. The Balaban J connectivity index is 0.00000460. The van der Waals surface area contributed by atoms with Crippen molar-refractivity contribution in [2.24, 2.45) is 33.2 Å². The van der Waals surface area contributed by atoms with Crippen LogP contribution in [0.15, 0.2) is 132 Å². The van der Waals surface area contributed by atoms with Gasteiger partial charge in [0.1, 0.15) is 72.6 Å². The van der Waals surface area contributed by atoms with Crippen LogP contribution in [-0.2, 0) is 88.9 Å². The van der Waals surface area contributed by atoms with E-state index in [0.717, 1.165) is 22.8 Å². The van der Waals surface area contributed by atoms with Crippen LogP contribution in [0.1, 0.15) is 37.2 Å². The van der Waals surface area contributed by atoms with Crippen molar-refractivity contribution in [2.45, 2.75) is 29.4 Å². The molecule has 8 aromatic rings. The molecule has 0 unspecified atom stereocenters. The number of nitrogens with zero attached hydrogens (tertiary/aromatic N) is 5. The zero-order valence-electron chi connectivity index (χ0n) is 48.4. The molecule has 4 aromatic heterocycles. The molecule has 90 heavy (non-hydrogen) atoms. The smallest absolute Gasteiger partial charge is 0.857 e. The molecule has 4 heterocycles. The van der Waals surface area contributed by atoms with Gasteiger partial charge in [-0.3, -0.25) is 23.9 Å². The summed E-state index contributed by atoms with van der Waals surface area (Å²) in [6, 6.07) is 7.60. The van der Waals surface area contributed by atoms with E-state index < -0.39 is 153 Å². The molecular weight excluding hydrogens is 1380 g/mol. The van der Waals surface area contributed by atoms with Crippen molar-refractivity contribution in [1.29, 1.82) is 0 Å². The molecule has 5 amide bonds. The first-order chi connectivity index (χ1) is 38.6. The summed E-state index contributed by atoms with van der Waals surface area (Å²) in [5.41, 5.74) is -1.76. The number of aromatic nitrogens is 4. The second-order valence-electron chi connectivity index (χ2n) is 18.0. The van der Waals surface area contributed by atoms with Crippen molar-refractivity contribution in [3.8, 4) is 0 Å². The van der Waals surface area contributed by atoms with Crippen molar-refractivity contribution in [3.63, 3.8) is 0 Å². The minimum absolute atomic E-state index is 0. The molecular formula is C45H34N10Na6O23S6. The topological polar surface area (TPSA) is 524 Å². The van der Waals surface area contributed by atoms with Crippen LogP contribution in [0.25, 0.3) is 21.5 Å². The second-order valence-corrected chi connectivity index (χ2v) is 26.1. The number of urea groups is 1. The SMILES string of the molecule is Cn1cc(NC(=O)Nc2cc(C(=O)Nc3cc(C([O-])=Nc4cc(S(=O)(=O)[O-])c5cc(S(=O)(=O)[O-])cc(S(=O)(=O)[O-])c5c4)n(C)c3)n(C)c2)cc1C(=O)Nc1cc(C(=O)Nc2cc(S(=O)(=O)[O-])c3cc(S(=O)(=O)[O-])cc(S(=O)(=O)O)c3c2)n(C)c1.[Na+].[Na+].[Na+].[Na+].[Na+].[Na+]. The summed E-state index contributed by atoms with van der Waals surface area (Å²) in [5.74, 6) is -3.79. The second kappa shape index (κ2) is 30.9. The molecule has 0 saturated heterocycles.